The Morgan fingerprint density at radius 2 is 2.04 bits per heavy atom. The molecular weight excluding hydrogens is 348 g/mol. The fourth-order valence-corrected chi connectivity index (χ4v) is 3.30. The predicted molar refractivity (Wildman–Crippen MR) is 96.3 cm³/mol. The highest BCUT2D eigenvalue weighted by Crippen LogP contribution is 2.33. The number of ether oxygens (including phenoxy) is 2. The molecule has 7 heteroatoms. The van der Waals surface area contributed by atoms with E-state index in [2.05, 4.69) is 10.3 Å². The SMILES string of the molecule is COc1cc2sc(COc3ccc(NC(C)=O)cc3)nc2cc1Cl. The lowest BCUT2D eigenvalue weighted by molar-refractivity contribution is -0.114. The summed E-state index contributed by atoms with van der Waals surface area (Å²) >= 11 is 7.65. The molecule has 0 bridgehead atoms. The Hall–Kier alpha value is -2.31. The second-order valence-corrected chi connectivity index (χ2v) is 6.58. The fraction of sp³-hybridized carbons (Fsp3) is 0.176. The number of carbonyl (C=O) groups is 1. The highest BCUT2D eigenvalue weighted by Gasteiger charge is 2.09. The lowest BCUT2D eigenvalue weighted by Gasteiger charge is -2.05. The summed E-state index contributed by atoms with van der Waals surface area (Å²) in [6.07, 6.45) is 0. The van der Waals surface area contributed by atoms with Gasteiger partial charge in [-0.15, -0.1) is 11.3 Å². The van der Waals surface area contributed by atoms with E-state index in [1.807, 2.05) is 6.07 Å². The van der Waals surface area contributed by atoms with E-state index >= 15 is 0 Å². The smallest absolute Gasteiger partial charge is 0.221 e. The monoisotopic (exact) mass is 362 g/mol. The Balaban J connectivity index is 1.70. The van der Waals surface area contributed by atoms with E-state index in [0.29, 0.717) is 23.1 Å². The molecule has 0 fully saturated rings. The van der Waals surface area contributed by atoms with E-state index in [-0.39, 0.29) is 5.91 Å². The molecule has 0 aliphatic heterocycles. The van der Waals surface area contributed by atoms with Gasteiger partial charge in [-0.2, -0.15) is 0 Å². The third kappa shape index (κ3) is 3.77. The van der Waals surface area contributed by atoms with Gasteiger partial charge in [0.15, 0.2) is 0 Å². The molecule has 124 valence electrons. The van der Waals surface area contributed by atoms with Crippen LogP contribution in [-0.4, -0.2) is 18.0 Å². The Morgan fingerprint density at radius 1 is 1.29 bits per heavy atom. The molecule has 0 atom stereocenters. The van der Waals surface area contributed by atoms with Gasteiger partial charge in [-0.1, -0.05) is 11.6 Å². The molecule has 1 amide bonds. The quantitative estimate of drug-likeness (QED) is 0.726. The lowest BCUT2D eigenvalue weighted by Crippen LogP contribution is -2.05. The minimum absolute atomic E-state index is 0.104. The van der Waals surface area contributed by atoms with Crippen molar-refractivity contribution in [1.29, 1.82) is 0 Å². The van der Waals surface area contributed by atoms with Crippen molar-refractivity contribution >= 4 is 44.7 Å². The Kier molecular flexibility index (Phi) is 4.87. The van der Waals surface area contributed by atoms with Crippen LogP contribution >= 0.6 is 22.9 Å². The maximum Gasteiger partial charge on any atom is 0.221 e. The average molecular weight is 363 g/mol. The van der Waals surface area contributed by atoms with E-state index in [9.17, 15) is 4.79 Å². The molecule has 1 aromatic heterocycles. The number of thiazole rings is 1. The average Bonchev–Trinajstić information content (AvgIpc) is 2.94. The zero-order valence-electron chi connectivity index (χ0n) is 13.1. The highest BCUT2D eigenvalue weighted by atomic mass is 35.5. The molecule has 0 aliphatic carbocycles. The number of fused-ring (bicyclic) bond motifs is 1. The normalized spacial score (nSPS) is 10.6. The van der Waals surface area contributed by atoms with Gasteiger partial charge in [0.05, 0.1) is 22.3 Å². The largest absolute Gasteiger partial charge is 0.495 e. The molecule has 5 nitrogen and oxygen atoms in total. The van der Waals surface area contributed by atoms with E-state index in [1.54, 1.807) is 37.4 Å². The number of hydrogen-bond acceptors (Lipinski definition) is 5. The molecule has 2 aromatic carbocycles. The van der Waals surface area contributed by atoms with Gasteiger partial charge >= 0.3 is 0 Å². The number of rotatable bonds is 5. The molecule has 1 N–H and O–H groups in total. The van der Waals surface area contributed by atoms with Crippen molar-refractivity contribution in [2.45, 2.75) is 13.5 Å². The second-order valence-electron chi connectivity index (χ2n) is 5.06. The van der Waals surface area contributed by atoms with Crippen molar-refractivity contribution in [3.8, 4) is 11.5 Å². The number of methoxy groups -OCH3 is 1. The van der Waals surface area contributed by atoms with Crippen LogP contribution in [0.4, 0.5) is 5.69 Å². The van der Waals surface area contributed by atoms with Crippen molar-refractivity contribution in [2.75, 3.05) is 12.4 Å². The summed E-state index contributed by atoms with van der Waals surface area (Å²) in [5.41, 5.74) is 1.56. The van der Waals surface area contributed by atoms with Crippen molar-refractivity contribution in [3.05, 3.63) is 46.4 Å². The van der Waals surface area contributed by atoms with Crippen LogP contribution in [0.2, 0.25) is 5.02 Å². The van der Waals surface area contributed by atoms with Gasteiger partial charge in [0, 0.05) is 18.7 Å². The molecule has 3 rings (SSSR count). The Morgan fingerprint density at radius 3 is 2.71 bits per heavy atom. The predicted octanol–water partition coefficient (Wildman–Crippen LogP) is 4.50. The van der Waals surface area contributed by atoms with Crippen LogP contribution in [0.15, 0.2) is 36.4 Å². The zero-order chi connectivity index (χ0) is 17.1. The minimum Gasteiger partial charge on any atom is -0.495 e. The van der Waals surface area contributed by atoms with Crippen molar-refractivity contribution < 1.29 is 14.3 Å². The maximum atomic E-state index is 11.0. The molecule has 24 heavy (non-hydrogen) atoms. The number of carbonyl (C=O) groups excluding carboxylic acids is 1. The number of hydrogen-bond donors (Lipinski definition) is 1. The summed E-state index contributed by atoms with van der Waals surface area (Å²) in [6, 6.07) is 10.9. The number of nitrogens with zero attached hydrogens (tertiary/aromatic N) is 1. The number of aromatic nitrogens is 1. The van der Waals surface area contributed by atoms with Crippen LogP contribution in [0.3, 0.4) is 0 Å². The number of halogens is 1. The summed E-state index contributed by atoms with van der Waals surface area (Å²) in [4.78, 5) is 15.5. The third-order valence-electron chi connectivity index (χ3n) is 3.24. The van der Waals surface area contributed by atoms with E-state index in [0.717, 1.165) is 20.9 Å². The topological polar surface area (TPSA) is 60.5 Å². The first-order valence-electron chi connectivity index (χ1n) is 7.18. The van der Waals surface area contributed by atoms with Crippen molar-refractivity contribution in [1.82, 2.24) is 4.98 Å². The lowest BCUT2D eigenvalue weighted by atomic mass is 10.3. The van der Waals surface area contributed by atoms with Crippen LogP contribution in [0.25, 0.3) is 10.2 Å². The van der Waals surface area contributed by atoms with Gasteiger partial charge in [0.2, 0.25) is 5.91 Å². The molecule has 0 unspecified atom stereocenters. The van der Waals surface area contributed by atoms with Gasteiger partial charge < -0.3 is 14.8 Å². The summed E-state index contributed by atoms with van der Waals surface area (Å²) in [6.45, 7) is 1.83. The Bertz CT molecular complexity index is 877. The molecular formula is C17H15ClN2O3S. The number of anilines is 1. The molecule has 0 aliphatic rings. The molecule has 3 aromatic rings. The third-order valence-corrected chi connectivity index (χ3v) is 4.53. The Labute approximate surface area is 148 Å². The van der Waals surface area contributed by atoms with E-state index < -0.39 is 0 Å². The molecule has 0 radical (unpaired) electrons. The number of nitrogens with one attached hydrogen (secondary N) is 1. The summed E-state index contributed by atoms with van der Waals surface area (Å²) in [7, 11) is 1.59. The van der Waals surface area contributed by atoms with Crippen molar-refractivity contribution in [2.24, 2.45) is 0 Å². The van der Waals surface area contributed by atoms with E-state index in [4.69, 9.17) is 21.1 Å². The molecule has 1 heterocycles. The van der Waals surface area contributed by atoms with Crippen LogP contribution in [0.5, 0.6) is 11.5 Å². The van der Waals surface area contributed by atoms with Crippen molar-refractivity contribution in [3.63, 3.8) is 0 Å². The first-order valence-corrected chi connectivity index (χ1v) is 8.38. The number of amides is 1. The van der Waals surface area contributed by atoms with Gasteiger partial charge in [-0.05, 0) is 30.3 Å². The van der Waals surface area contributed by atoms with Crippen LogP contribution in [-0.2, 0) is 11.4 Å². The van der Waals surface area contributed by atoms with Crippen LogP contribution in [0.1, 0.15) is 11.9 Å². The molecule has 0 spiro atoms. The van der Waals surface area contributed by atoms with Gasteiger partial charge in [-0.3, -0.25) is 4.79 Å². The fourth-order valence-electron chi connectivity index (χ4n) is 2.18. The van der Waals surface area contributed by atoms with Gasteiger partial charge in [0.25, 0.3) is 0 Å². The second kappa shape index (κ2) is 7.07. The molecule has 0 saturated heterocycles. The molecule has 0 saturated carbocycles. The van der Waals surface area contributed by atoms with Crippen LogP contribution in [0, 0.1) is 0 Å². The zero-order valence-corrected chi connectivity index (χ0v) is 14.7. The maximum absolute atomic E-state index is 11.0. The van der Waals surface area contributed by atoms with Gasteiger partial charge in [-0.25, -0.2) is 4.98 Å². The highest BCUT2D eigenvalue weighted by molar-refractivity contribution is 7.18. The standard InChI is InChI=1S/C17H15ClN2O3S/c1-10(21)19-11-3-5-12(6-4-11)23-9-17-20-14-7-13(18)15(22-2)8-16(14)24-17/h3-8H,9H2,1-2H3,(H,19,21). The first kappa shape index (κ1) is 16.5. The summed E-state index contributed by atoms with van der Waals surface area (Å²) < 4.78 is 12.0. The van der Waals surface area contributed by atoms with Gasteiger partial charge in [0.1, 0.15) is 23.1 Å². The van der Waals surface area contributed by atoms with E-state index in [1.165, 1.54) is 18.3 Å². The first-order chi connectivity index (χ1) is 11.5. The van der Waals surface area contributed by atoms with Crippen LogP contribution < -0.4 is 14.8 Å². The number of benzene rings is 2. The summed E-state index contributed by atoms with van der Waals surface area (Å²) in [5, 5.41) is 4.10. The summed E-state index contributed by atoms with van der Waals surface area (Å²) in [5.74, 6) is 1.24. The minimum atomic E-state index is -0.104.